The largest absolute Gasteiger partial charge is 0.379 e. The molecule has 0 spiro atoms. The van der Waals surface area contributed by atoms with Gasteiger partial charge in [-0.2, -0.15) is 0 Å². The second-order valence-corrected chi connectivity index (χ2v) is 4.46. The molecule has 2 atom stereocenters. The van der Waals surface area contributed by atoms with Gasteiger partial charge in [0.2, 0.25) is 11.8 Å². The summed E-state index contributed by atoms with van der Waals surface area (Å²) >= 11 is 0. The lowest BCUT2D eigenvalue weighted by molar-refractivity contribution is -0.138. The van der Waals surface area contributed by atoms with Gasteiger partial charge in [0.15, 0.2) is 0 Å². The molecule has 0 aromatic carbocycles. The Morgan fingerprint density at radius 1 is 1.28 bits per heavy atom. The predicted octanol–water partition coefficient (Wildman–Crippen LogP) is -0.795. The predicted molar refractivity (Wildman–Crippen MR) is 68.1 cm³/mol. The van der Waals surface area contributed by atoms with E-state index in [1.54, 1.807) is 7.05 Å². The summed E-state index contributed by atoms with van der Waals surface area (Å²) < 4.78 is 5.34. The van der Waals surface area contributed by atoms with Gasteiger partial charge in [-0.3, -0.25) is 9.59 Å². The molecule has 0 bridgehead atoms. The van der Waals surface area contributed by atoms with E-state index in [9.17, 15) is 9.59 Å². The molecule has 0 aliphatic carbocycles. The van der Waals surface area contributed by atoms with Crippen molar-refractivity contribution in [2.45, 2.75) is 19.9 Å². The highest BCUT2D eigenvalue weighted by atomic mass is 16.5. The van der Waals surface area contributed by atoms with Crippen molar-refractivity contribution in [3.63, 3.8) is 0 Å². The van der Waals surface area contributed by atoms with Crippen LogP contribution in [-0.4, -0.2) is 62.7 Å². The highest BCUT2D eigenvalue weighted by Crippen LogP contribution is 2.16. The number of likely N-dealkylation sites (N-methyl/N-ethyl adjacent to an activating group) is 3. The maximum Gasteiger partial charge on any atom is 0.239 e. The quantitative estimate of drug-likeness (QED) is 0.654. The van der Waals surface area contributed by atoms with Crippen LogP contribution in [0.25, 0.3) is 0 Å². The fraction of sp³-hybridized carbons (Fsp3) is 0.833. The number of carbonyl (C=O) groups is 2. The standard InChI is InChI=1S/C12H23N3O3/c1-4-13-10-8-18-7-9(10)12(17)15(3)6-11(16)14-5-2/h9-10,13H,4-8H2,1-3H3,(H,14,16). The van der Waals surface area contributed by atoms with Gasteiger partial charge >= 0.3 is 0 Å². The summed E-state index contributed by atoms with van der Waals surface area (Å²) in [5, 5.41) is 5.91. The van der Waals surface area contributed by atoms with Gasteiger partial charge in [0.05, 0.1) is 25.7 Å². The zero-order chi connectivity index (χ0) is 13.5. The molecule has 1 fully saturated rings. The highest BCUT2D eigenvalue weighted by Gasteiger charge is 2.35. The summed E-state index contributed by atoms with van der Waals surface area (Å²) in [4.78, 5) is 25.1. The van der Waals surface area contributed by atoms with E-state index in [-0.39, 0.29) is 30.3 Å². The van der Waals surface area contributed by atoms with Gasteiger partial charge in [-0.15, -0.1) is 0 Å². The molecule has 1 aliphatic rings. The molecule has 2 unspecified atom stereocenters. The zero-order valence-corrected chi connectivity index (χ0v) is 11.4. The van der Waals surface area contributed by atoms with Crippen molar-refractivity contribution in [2.75, 3.05) is 39.9 Å². The molecule has 18 heavy (non-hydrogen) atoms. The van der Waals surface area contributed by atoms with Gasteiger partial charge in [-0.25, -0.2) is 0 Å². The smallest absolute Gasteiger partial charge is 0.239 e. The molecule has 0 aromatic rings. The van der Waals surface area contributed by atoms with Gasteiger partial charge in [-0.1, -0.05) is 6.92 Å². The molecule has 6 nitrogen and oxygen atoms in total. The van der Waals surface area contributed by atoms with Crippen LogP contribution in [0.2, 0.25) is 0 Å². The fourth-order valence-electron chi connectivity index (χ4n) is 2.09. The van der Waals surface area contributed by atoms with Crippen LogP contribution in [0, 0.1) is 5.92 Å². The molecule has 1 rings (SSSR count). The van der Waals surface area contributed by atoms with E-state index >= 15 is 0 Å². The van der Waals surface area contributed by atoms with Crippen molar-refractivity contribution >= 4 is 11.8 Å². The molecule has 6 heteroatoms. The molecule has 104 valence electrons. The number of rotatable bonds is 6. The lowest BCUT2D eigenvalue weighted by Crippen LogP contribution is -2.47. The Balaban J connectivity index is 2.49. The number of carbonyl (C=O) groups excluding carboxylic acids is 2. The van der Waals surface area contributed by atoms with Crippen molar-refractivity contribution < 1.29 is 14.3 Å². The number of hydrogen-bond acceptors (Lipinski definition) is 4. The maximum absolute atomic E-state index is 12.2. The van der Waals surface area contributed by atoms with Crippen molar-refractivity contribution in [1.82, 2.24) is 15.5 Å². The summed E-state index contributed by atoms with van der Waals surface area (Å²) in [5.41, 5.74) is 0. The summed E-state index contributed by atoms with van der Waals surface area (Å²) in [7, 11) is 1.65. The third-order valence-corrected chi connectivity index (χ3v) is 2.99. The molecule has 0 radical (unpaired) electrons. The zero-order valence-electron chi connectivity index (χ0n) is 11.4. The van der Waals surface area contributed by atoms with Crippen LogP contribution in [0.4, 0.5) is 0 Å². The van der Waals surface area contributed by atoms with E-state index in [1.165, 1.54) is 4.90 Å². The van der Waals surface area contributed by atoms with E-state index < -0.39 is 0 Å². The fourth-order valence-corrected chi connectivity index (χ4v) is 2.09. The van der Waals surface area contributed by atoms with Crippen LogP contribution in [0.3, 0.4) is 0 Å². The van der Waals surface area contributed by atoms with Crippen LogP contribution in [0.15, 0.2) is 0 Å². The second-order valence-electron chi connectivity index (χ2n) is 4.46. The number of nitrogens with one attached hydrogen (secondary N) is 2. The number of hydrogen-bond donors (Lipinski definition) is 2. The van der Waals surface area contributed by atoms with Crippen molar-refractivity contribution in [3.8, 4) is 0 Å². The number of nitrogens with zero attached hydrogens (tertiary/aromatic N) is 1. The van der Waals surface area contributed by atoms with E-state index in [0.717, 1.165) is 6.54 Å². The lowest BCUT2D eigenvalue weighted by Gasteiger charge is -2.23. The summed E-state index contributed by atoms with van der Waals surface area (Å²) in [6.45, 7) is 6.31. The van der Waals surface area contributed by atoms with Crippen LogP contribution < -0.4 is 10.6 Å². The topological polar surface area (TPSA) is 70.7 Å². The minimum atomic E-state index is -0.190. The summed E-state index contributed by atoms with van der Waals surface area (Å²) in [6, 6.07) is 0.0548. The molecular weight excluding hydrogens is 234 g/mol. The first-order valence-electron chi connectivity index (χ1n) is 6.42. The van der Waals surface area contributed by atoms with E-state index in [2.05, 4.69) is 10.6 Å². The molecule has 1 aliphatic heterocycles. The Kier molecular flexibility index (Phi) is 6.07. The maximum atomic E-state index is 12.2. The van der Waals surface area contributed by atoms with Crippen LogP contribution in [0.1, 0.15) is 13.8 Å². The molecule has 1 saturated heterocycles. The number of amides is 2. The van der Waals surface area contributed by atoms with Crippen LogP contribution in [-0.2, 0) is 14.3 Å². The summed E-state index contributed by atoms with van der Waals surface area (Å²) in [5.74, 6) is -0.360. The first-order valence-corrected chi connectivity index (χ1v) is 6.42. The third kappa shape index (κ3) is 3.96. The van der Waals surface area contributed by atoms with Crippen molar-refractivity contribution in [1.29, 1.82) is 0 Å². The van der Waals surface area contributed by atoms with Crippen LogP contribution in [0.5, 0.6) is 0 Å². The Labute approximate surface area is 108 Å². The van der Waals surface area contributed by atoms with Crippen molar-refractivity contribution in [3.05, 3.63) is 0 Å². The number of ether oxygens (including phenoxy) is 1. The highest BCUT2D eigenvalue weighted by molar-refractivity contribution is 5.86. The van der Waals surface area contributed by atoms with E-state index in [0.29, 0.717) is 19.8 Å². The molecule has 2 N–H and O–H groups in total. The monoisotopic (exact) mass is 257 g/mol. The molecule has 0 saturated carbocycles. The van der Waals surface area contributed by atoms with Gasteiger partial charge in [0.25, 0.3) is 0 Å². The third-order valence-electron chi connectivity index (χ3n) is 2.99. The van der Waals surface area contributed by atoms with Gasteiger partial charge < -0.3 is 20.3 Å². The Morgan fingerprint density at radius 2 is 2.00 bits per heavy atom. The normalized spacial score (nSPS) is 22.8. The minimum Gasteiger partial charge on any atom is -0.379 e. The first-order chi connectivity index (χ1) is 8.60. The average Bonchev–Trinajstić information content (AvgIpc) is 2.77. The van der Waals surface area contributed by atoms with Gasteiger partial charge in [0, 0.05) is 19.6 Å². The van der Waals surface area contributed by atoms with E-state index in [4.69, 9.17) is 4.74 Å². The minimum absolute atomic E-state index is 0.0373. The molecule has 1 heterocycles. The second kappa shape index (κ2) is 7.33. The van der Waals surface area contributed by atoms with Gasteiger partial charge in [-0.05, 0) is 13.5 Å². The average molecular weight is 257 g/mol. The SMILES string of the molecule is CCNC(=O)CN(C)C(=O)C1COCC1NCC. The molecule has 0 aromatic heterocycles. The Hall–Kier alpha value is -1.14. The first kappa shape index (κ1) is 14.9. The lowest BCUT2D eigenvalue weighted by atomic mass is 10.0. The molecule has 2 amide bonds. The molecular formula is C12H23N3O3. The van der Waals surface area contributed by atoms with Crippen molar-refractivity contribution in [2.24, 2.45) is 5.92 Å². The van der Waals surface area contributed by atoms with E-state index in [1.807, 2.05) is 13.8 Å². The van der Waals surface area contributed by atoms with Crippen LogP contribution >= 0.6 is 0 Å². The Bertz CT molecular complexity index is 296. The Morgan fingerprint density at radius 3 is 2.61 bits per heavy atom. The summed E-state index contributed by atoms with van der Waals surface area (Å²) in [6.07, 6.45) is 0. The van der Waals surface area contributed by atoms with Gasteiger partial charge in [0.1, 0.15) is 0 Å².